The third kappa shape index (κ3) is 2.36. The van der Waals surface area contributed by atoms with Crippen LogP contribution in [0, 0.1) is 6.92 Å². The molecule has 104 valence electrons. The number of pyridine rings is 1. The second-order valence-corrected chi connectivity index (χ2v) is 4.96. The Kier molecular flexibility index (Phi) is 3.14. The molecular weight excluding hydrogens is 266 g/mol. The van der Waals surface area contributed by atoms with Crippen LogP contribution in [0.2, 0.25) is 0 Å². The number of benzene rings is 1. The molecule has 21 heavy (non-hydrogen) atoms. The van der Waals surface area contributed by atoms with Gasteiger partial charge < -0.3 is 4.42 Å². The summed E-state index contributed by atoms with van der Waals surface area (Å²) in [5.74, 6) is 0.280. The number of carbonyl (C=O) groups is 1. The van der Waals surface area contributed by atoms with Crippen LogP contribution in [-0.2, 0) is 0 Å². The van der Waals surface area contributed by atoms with Gasteiger partial charge in [-0.25, -0.2) is 0 Å². The number of ketones is 1. The number of hydrogen-bond acceptors (Lipinski definition) is 4. The molecular formula is C17H13NO3. The summed E-state index contributed by atoms with van der Waals surface area (Å²) in [6.45, 7) is 3.31. The van der Waals surface area contributed by atoms with Gasteiger partial charge in [0.15, 0.2) is 11.2 Å². The number of nitrogens with zero attached hydrogens (tertiary/aromatic N) is 1. The van der Waals surface area contributed by atoms with Crippen molar-refractivity contribution in [2.24, 2.45) is 0 Å². The number of hydrogen-bond donors (Lipinski definition) is 0. The predicted octanol–water partition coefficient (Wildman–Crippen LogP) is 3.37. The fraction of sp³-hybridized carbons (Fsp3) is 0.118. The van der Waals surface area contributed by atoms with Crippen LogP contribution in [0.5, 0.6) is 0 Å². The van der Waals surface area contributed by atoms with Gasteiger partial charge >= 0.3 is 0 Å². The lowest BCUT2D eigenvalue weighted by Crippen LogP contribution is -2.05. The van der Waals surface area contributed by atoms with Gasteiger partial charge in [0.1, 0.15) is 11.3 Å². The molecule has 2 heterocycles. The molecule has 0 radical (unpaired) electrons. The molecule has 0 amide bonds. The molecule has 3 aromatic rings. The van der Waals surface area contributed by atoms with Crippen LogP contribution in [-0.4, -0.2) is 10.8 Å². The van der Waals surface area contributed by atoms with Crippen molar-refractivity contribution in [2.75, 3.05) is 0 Å². The van der Waals surface area contributed by atoms with Crippen LogP contribution in [0.25, 0.3) is 22.3 Å². The molecule has 0 atom stereocenters. The topological polar surface area (TPSA) is 60.2 Å². The lowest BCUT2D eigenvalue weighted by atomic mass is 10.0. The zero-order chi connectivity index (χ0) is 15.0. The third-order valence-corrected chi connectivity index (χ3v) is 3.30. The molecule has 0 saturated heterocycles. The fourth-order valence-corrected chi connectivity index (χ4v) is 2.31. The van der Waals surface area contributed by atoms with Crippen molar-refractivity contribution in [2.45, 2.75) is 13.8 Å². The quantitative estimate of drug-likeness (QED) is 0.675. The van der Waals surface area contributed by atoms with E-state index in [9.17, 15) is 9.59 Å². The first-order valence-corrected chi connectivity index (χ1v) is 6.56. The highest BCUT2D eigenvalue weighted by Gasteiger charge is 2.14. The first kappa shape index (κ1) is 13.2. The van der Waals surface area contributed by atoms with E-state index in [0.29, 0.717) is 27.9 Å². The number of rotatable bonds is 2. The molecule has 4 heteroatoms. The molecule has 2 aromatic heterocycles. The Hall–Kier alpha value is -2.75. The molecule has 0 N–H and O–H groups in total. The maximum Gasteiger partial charge on any atom is 0.193 e. The maximum atomic E-state index is 12.3. The number of Topliss-reactive ketones (excluding diaryl/α,β-unsaturated/α-hetero) is 1. The Bertz CT molecular complexity index is 895. The number of carbonyl (C=O) groups excluding carboxylic acids is 1. The molecule has 0 saturated carbocycles. The summed E-state index contributed by atoms with van der Waals surface area (Å²) < 4.78 is 5.82. The van der Waals surface area contributed by atoms with E-state index >= 15 is 0 Å². The van der Waals surface area contributed by atoms with Crippen molar-refractivity contribution in [3.8, 4) is 11.3 Å². The van der Waals surface area contributed by atoms with Crippen molar-refractivity contribution < 1.29 is 9.21 Å². The van der Waals surface area contributed by atoms with Gasteiger partial charge in [0.25, 0.3) is 0 Å². The van der Waals surface area contributed by atoms with Crippen molar-refractivity contribution in [1.29, 1.82) is 0 Å². The van der Waals surface area contributed by atoms with Gasteiger partial charge in [0.2, 0.25) is 0 Å². The standard InChI is InChI=1S/C17H13NO3/c1-10-6-13(11(2)19)17-14(7-10)15(20)8-16(21-17)12-4-3-5-18-9-12/h3-9H,1-2H3. The van der Waals surface area contributed by atoms with Crippen LogP contribution in [0.3, 0.4) is 0 Å². The monoisotopic (exact) mass is 279 g/mol. The summed E-state index contributed by atoms with van der Waals surface area (Å²) in [6, 6.07) is 8.48. The number of aromatic nitrogens is 1. The number of fused-ring (bicyclic) bond motifs is 1. The minimum absolute atomic E-state index is 0.129. The zero-order valence-corrected chi connectivity index (χ0v) is 11.7. The largest absolute Gasteiger partial charge is 0.455 e. The normalized spacial score (nSPS) is 10.8. The van der Waals surface area contributed by atoms with Crippen LogP contribution >= 0.6 is 0 Å². The molecule has 1 aromatic carbocycles. The van der Waals surface area contributed by atoms with E-state index in [4.69, 9.17) is 4.42 Å². The van der Waals surface area contributed by atoms with Gasteiger partial charge in [-0.1, -0.05) is 0 Å². The first-order chi connectivity index (χ1) is 10.1. The highest BCUT2D eigenvalue weighted by Crippen LogP contribution is 2.25. The van der Waals surface area contributed by atoms with Crippen LogP contribution < -0.4 is 5.43 Å². The SMILES string of the molecule is CC(=O)c1cc(C)cc2c(=O)cc(-c3cccnc3)oc12. The molecule has 3 rings (SSSR count). The van der Waals surface area contributed by atoms with Gasteiger partial charge in [0, 0.05) is 24.0 Å². The molecule has 0 spiro atoms. The maximum absolute atomic E-state index is 12.3. The van der Waals surface area contributed by atoms with Gasteiger partial charge in [0.05, 0.1) is 10.9 Å². The average molecular weight is 279 g/mol. The summed E-state index contributed by atoms with van der Waals surface area (Å²) in [4.78, 5) is 28.1. The van der Waals surface area contributed by atoms with Gasteiger partial charge in [-0.3, -0.25) is 14.6 Å². The first-order valence-electron chi connectivity index (χ1n) is 6.56. The average Bonchev–Trinajstić information content (AvgIpc) is 2.48. The van der Waals surface area contributed by atoms with Gasteiger partial charge in [-0.15, -0.1) is 0 Å². The Labute approximate surface area is 121 Å². The second kappa shape index (κ2) is 4.98. The van der Waals surface area contributed by atoms with Crippen LogP contribution in [0.4, 0.5) is 0 Å². The van der Waals surface area contributed by atoms with Crippen molar-refractivity contribution in [3.63, 3.8) is 0 Å². The highest BCUT2D eigenvalue weighted by atomic mass is 16.3. The molecule has 0 aliphatic heterocycles. The van der Waals surface area contributed by atoms with Crippen molar-refractivity contribution in [3.05, 3.63) is 64.1 Å². The van der Waals surface area contributed by atoms with E-state index in [1.165, 1.54) is 13.0 Å². The van der Waals surface area contributed by atoms with E-state index in [-0.39, 0.29) is 11.2 Å². The van der Waals surface area contributed by atoms with E-state index < -0.39 is 0 Å². The Balaban J connectivity index is 2.38. The van der Waals surface area contributed by atoms with E-state index in [1.807, 2.05) is 6.92 Å². The second-order valence-electron chi connectivity index (χ2n) is 4.96. The highest BCUT2D eigenvalue weighted by molar-refractivity contribution is 6.05. The summed E-state index contributed by atoms with van der Waals surface area (Å²) in [6.07, 6.45) is 3.26. The lowest BCUT2D eigenvalue weighted by molar-refractivity contribution is 0.101. The third-order valence-electron chi connectivity index (χ3n) is 3.30. The molecule has 0 bridgehead atoms. The molecule has 0 unspecified atom stereocenters. The smallest absolute Gasteiger partial charge is 0.193 e. The fourth-order valence-electron chi connectivity index (χ4n) is 2.31. The van der Waals surface area contributed by atoms with E-state index in [0.717, 1.165) is 5.56 Å². The number of aryl methyl sites for hydroxylation is 1. The summed E-state index contributed by atoms with van der Waals surface area (Å²) >= 11 is 0. The lowest BCUT2D eigenvalue weighted by Gasteiger charge is -2.07. The molecule has 0 fully saturated rings. The Morgan fingerprint density at radius 1 is 1.24 bits per heavy atom. The molecule has 0 aliphatic carbocycles. The molecule has 0 aliphatic rings. The Morgan fingerprint density at radius 3 is 2.71 bits per heavy atom. The summed E-state index contributed by atoms with van der Waals surface area (Å²) in [5.41, 5.74) is 2.15. The van der Waals surface area contributed by atoms with Crippen molar-refractivity contribution >= 4 is 16.8 Å². The minimum Gasteiger partial charge on any atom is -0.455 e. The van der Waals surface area contributed by atoms with E-state index in [2.05, 4.69) is 4.98 Å². The summed E-state index contributed by atoms with van der Waals surface area (Å²) in [5, 5.41) is 0.424. The summed E-state index contributed by atoms with van der Waals surface area (Å²) in [7, 11) is 0. The van der Waals surface area contributed by atoms with Gasteiger partial charge in [-0.2, -0.15) is 0 Å². The minimum atomic E-state index is -0.165. The zero-order valence-electron chi connectivity index (χ0n) is 11.7. The van der Waals surface area contributed by atoms with Crippen LogP contribution in [0.15, 0.2) is 51.9 Å². The predicted molar refractivity (Wildman–Crippen MR) is 80.5 cm³/mol. The molecule has 4 nitrogen and oxygen atoms in total. The van der Waals surface area contributed by atoms with E-state index in [1.54, 1.807) is 36.7 Å². The Morgan fingerprint density at radius 2 is 2.05 bits per heavy atom. The van der Waals surface area contributed by atoms with Crippen LogP contribution in [0.1, 0.15) is 22.8 Å². The van der Waals surface area contributed by atoms with Crippen molar-refractivity contribution in [1.82, 2.24) is 4.98 Å². The van der Waals surface area contributed by atoms with Gasteiger partial charge in [-0.05, 0) is 43.7 Å².